The van der Waals surface area contributed by atoms with Crippen molar-refractivity contribution in [3.8, 4) is 0 Å². The number of ketones is 1. The number of benzene rings is 2. The Balaban J connectivity index is 2.24. The fourth-order valence-corrected chi connectivity index (χ4v) is 3.01. The van der Waals surface area contributed by atoms with Gasteiger partial charge in [0, 0.05) is 26.2 Å². The zero-order valence-corrected chi connectivity index (χ0v) is 17.1. The van der Waals surface area contributed by atoms with E-state index in [0.717, 1.165) is 17.7 Å². The minimum atomic E-state index is -0.343. The van der Waals surface area contributed by atoms with Gasteiger partial charge in [0.25, 0.3) is 0 Å². The number of Topliss-reactive ketones (excluding diaryl/α,β-unsaturated/α-hetero) is 1. The highest BCUT2D eigenvalue weighted by atomic mass is 35.5. The number of hydrogen-bond donors (Lipinski definition) is 0. The highest BCUT2D eigenvalue weighted by Crippen LogP contribution is 2.29. The summed E-state index contributed by atoms with van der Waals surface area (Å²) in [5, 5.41) is 0.412. The number of nitrogens with zero attached hydrogens (tertiary/aromatic N) is 3. The first-order chi connectivity index (χ1) is 12.7. The lowest BCUT2D eigenvalue weighted by molar-refractivity contribution is 0.0999. The van der Waals surface area contributed by atoms with Crippen LogP contribution in [0.5, 0.6) is 0 Å². The lowest BCUT2D eigenvalue weighted by atomic mass is 10.0. The van der Waals surface area contributed by atoms with E-state index in [-0.39, 0.29) is 18.1 Å². The molecule has 0 atom stereocenters. The third-order valence-corrected chi connectivity index (χ3v) is 4.74. The molecule has 4 nitrogen and oxygen atoms in total. The summed E-state index contributed by atoms with van der Waals surface area (Å²) in [5.74, 6) is -0.467. The zero-order chi connectivity index (χ0) is 20.1. The summed E-state index contributed by atoms with van der Waals surface area (Å²) in [6.45, 7) is 6.58. The van der Waals surface area contributed by atoms with Gasteiger partial charge in [0.05, 0.1) is 29.3 Å². The van der Waals surface area contributed by atoms with Crippen LogP contribution in [0.4, 0.5) is 15.8 Å². The number of carbonyl (C=O) groups excluding carboxylic acids is 1. The average Bonchev–Trinajstić information content (AvgIpc) is 2.61. The second-order valence-corrected chi connectivity index (χ2v) is 7.03. The maximum atomic E-state index is 14.1. The van der Waals surface area contributed by atoms with Gasteiger partial charge < -0.3 is 9.80 Å². The number of rotatable bonds is 7. The molecule has 0 saturated heterocycles. The molecule has 0 fully saturated rings. The van der Waals surface area contributed by atoms with Crippen LogP contribution in [0.15, 0.2) is 35.3 Å². The molecule has 6 heteroatoms. The monoisotopic (exact) mass is 389 g/mol. The lowest BCUT2D eigenvalue weighted by Crippen LogP contribution is -2.27. The molecule has 0 aliphatic rings. The maximum Gasteiger partial charge on any atom is 0.182 e. The van der Waals surface area contributed by atoms with Gasteiger partial charge in [-0.3, -0.25) is 4.79 Å². The molecule has 0 spiro atoms. The molecule has 0 amide bonds. The molecule has 0 radical (unpaired) electrons. The van der Waals surface area contributed by atoms with Crippen molar-refractivity contribution < 1.29 is 9.18 Å². The summed E-state index contributed by atoms with van der Waals surface area (Å²) in [7, 11) is 3.63. The van der Waals surface area contributed by atoms with Gasteiger partial charge in [-0.1, -0.05) is 23.7 Å². The Kier molecular flexibility index (Phi) is 6.97. The number of halogens is 2. The van der Waals surface area contributed by atoms with Crippen molar-refractivity contribution in [3.05, 3.63) is 57.9 Å². The number of anilines is 1. The smallest absolute Gasteiger partial charge is 0.182 e. The van der Waals surface area contributed by atoms with Gasteiger partial charge in [0.2, 0.25) is 0 Å². The van der Waals surface area contributed by atoms with E-state index in [1.54, 1.807) is 36.5 Å². The highest BCUT2D eigenvalue weighted by Gasteiger charge is 2.17. The molecule has 0 heterocycles. The first-order valence-corrected chi connectivity index (χ1v) is 9.16. The number of aryl methyl sites for hydroxylation is 2. The van der Waals surface area contributed by atoms with Crippen molar-refractivity contribution in [2.45, 2.75) is 20.8 Å². The summed E-state index contributed by atoms with van der Waals surface area (Å²) < 4.78 is 14.1. The molecule has 0 N–H and O–H groups in total. The molecule has 0 aliphatic carbocycles. The Morgan fingerprint density at radius 1 is 1.22 bits per heavy atom. The van der Waals surface area contributed by atoms with Crippen LogP contribution in [0.2, 0.25) is 5.02 Å². The molecule has 0 saturated carbocycles. The third kappa shape index (κ3) is 5.07. The van der Waals surface area contributed by atoms with Crippen LogP contribution in [-0.4, -0.2) is 44.2 Å². The van der Waals surface area contributed by atoms with Crippen LogP contribution in [0.3, 0.4) is 0 Å². The zero-order valence-electron chi connectivity index (χ0n) is 16.4. The minimum Gasteiger partial charge on any atom is -0.366 e. The average molecular weight is 390 g/mol. The van der Waals surface area contributed by atoms with Crippen LogP contribution in [0.25, 0.3) is 0 Å². The van der Waals surface area contributed by atoms with Crippen molar-refractivity contribution in [3.63, 3.8) is 0 Å². The van der Waals surface area contributed by atoms with Crippen molar-refractivity contribution in [1.29, 1.82) is 0 Å². The van der Waals surface area contributed by atoms with Gasteiger partial charge in [-0.25, -0.2) is 9.38 Å². The fourth-order valence-electron chi connectivity index (χ4n) is 2.79. The van der Waals surface area contributed by atoms with Crippen molar-refractivity contribution >= 4 is 35.1 Å². The molecular weight excluding hydrogens is 365 g/mol. The van der Waals surface area contributed by atoms with Crippen molar-refractivity contribution in [2.75, 3.05) is 32.1 Å². The topological polar surface area (TPSA) is 35.9 Å². The number of aliphatic imine (C=N–C) groups is 1. The molecule has 2 aromatic rings. The van der Waals surface area contributed by atoms with E-state index in [4.69, 9.17) is 11.6 Å². The molecule has 2 aromatic carbocycles. The van der Waals surface area contributed by atoms with Crippen LogP contribution in [0, 0.1) is 19.7 Å². The maximum absolute atomic E-state index is 14.1. The SMILES string of the molecule is CCN(C)C=Nc1cc(C)c(C(=O)CN(C)c2c(C)cccc2F)cc1Cl. The van der Waals surface area contributed by atoms with E-state index in [9.17, 15) is 9.18 Å². The molecule has 144 valence electrons. The Morgan fingerprint density at radius 3 is 2.56 bits per heavy atom. The molecule has 0 bridgehead atoms. The van der Waals surface area contributed by atoms with E-state index in [1.165, 1.54) is 6.07 Å². The fraction of sp³-hybridized carbons (Fsp3) is 0.333. The van der Waals surface area contributed by atoms with Gasteiger partial charge in [-0.05, 0) is 50.1 Å². The Labute approximate surface area is 165 Å². The number of para-hydroxylation sites is 1. The van der Waals surface area contributed by atoms with E-state index in [1.807, 2.05) is 38.8 Å². The van der Waals surface area contributed by atoms with Gasteiger partial charge in [-0.15, -0.1) is 0 Å². The van der Waals surface area contributed by atoms with E-state index >= 15 is 0 Å². The first kappa shape index (κ1) is 20.9. The molecular formula is C21H25ClFN3O. The number of hydrogen-bond acceptors (Lipinski definition) is 3. The van der Waals surface area contributed by atoms with Crippen LogP contribution >= 0.6 is 11.6 Å². The molecule has 0 unspecified atom stereocenters. The van der Waals surface area contributed by atoms with Gasteiger partial charge in [0.15, 0.2) is 5.78 Å². The quantitative estimate of drug-likeness (QED) is 0.378. The van der Waals surface area contributed by atoms with Gasteiger partial charge in [-0.2, -0.15) is 0 Å². The third-order valence-electron chi connectivity index (χ3n) is 4.44. The summed E-state index contributed by atoms with van der Waals surface area (Å²) in [5.41, 5.74) is 3.13. The van der Waals surface area contributed by atoms with E-state index in [0.29, 0.717) is 22.0 Å². The van der Waals surface area contributed by atoms with Crippen LogP contribution in [0.1, 0.15) is 28.4 Å². The molecule has 0 aliphatic heterocycles. The molecule has 2 rings (SSSR count). The van der Waals surface area contributed by atoms with Crippen molar-refractivity contribution in [1.82, 2.24) is 4.90 Å². The second-order valence-electron chi connectivity index (χ2n) is 6.62. The minimum absolute atomic E-state index is 0.0557. The highest BCUT2D eigenvalue weighted by molar-refractivity contribution is 6.33. The molecule has 27 heavy (non-hydrogen) atoms. The number of likely N-dealkylation sites (N-methyl/N-ethyl adjacent to an activating group) is 1. The Bertz CT molecular complexity index is 846. The standard InChI is InChI=1S/C21H25ClFN3O/c1-6-25(4)13-24-19-10-15(3)16(11-17(19)22)20(27)12-26(5)21-14(2)8-7-9-18(21)23/h7-11,13H,6,12H2,1-5H3. The largest absolute Gasteiger partial charge is 0.366 e. The predicted molar refractivity (Wildman–Crippen MR) is 111 cm³/mol. The lowest BCUT2D eigenvalue weighted by Gasteiger charge is -2.21. The van der Waals surface area contributed by atoms with E-state index < -0.39 is 0 Å². The number of carbonyl (C=O) groups is 1. The summed E-state index contributed by atoms with van der Waals surface area (Å²) >= 11 is 6.32. The summed E-state index contributed by atoms with van der Waals surface area (Å²) in [4.78, 5) is 20.7. The Morgan fingerprint density at radius 2 is 1.93 bits per heavy atom. The predicted octanol–water partition coefficient (Wildman–Crippen LogP) is 5.03. The first-order valence-electron chi connectivity index (χ1n) is 8.78. The summed E-state index contributed by atoms with van der Waals surface area (Å²) in [6, 6.07) is 8.31. The Hall–Kier alpha value is -2.40. The van der Waals surface area contributed by atoms with Gasteiger partial charge >= 0.3 is 0 Å². The van der Waals surface area contributed by atoms with Gasteiger partial charge in [0.1, 0.15) is 5.82 Å². The van der Waals surface area contributed by atoms with E-state index in [2.05, 4.69) is 4.99 Å². The van der Waals surface area contributed by atoms with Crippen LogP contribution < -0.4 is 4.90 Å². The van der Waals surface area contributed by atoms with Crippen molar-refractivity contribution in [2.24, 2.45) is 4.99 Å². The second kappa shape index (κ2) is 9.00. The summed E-state index contributed by atoms with van der Waals surface area (Å²) in [6.07, 6.45) is 1.71. The normalized spacial score (nSPS) is 11.1. The molecule has 0 aromatic heterocycles. The van der Waals surface area contributed by atoms with Crippen LogP contribution in [-0.2, 0) is 0 Å².